The van der Waals surface area contributed by atoms with E-state index in [-0.39, 0.29) is 12.0 Å². The highest BCUT2D eigenvalue weighted by Crippen LogP contribution is 2.28. The van der Waals surface area contributed by atoms with Crippen molar-refractivity contribution in [2.45, 2.75) is 31.3 Å². The van der Waals surface area contributed by atoms with E-state index in [0.29, 0.717) is 17.5 Å². The lowest BCUT2D eigenvalue weighted by Gasteiger charge is -2.34. The molecule has 0 aliphatic carbocycles. The number of carbonyl (C=O) groups is 1. The molecule has 3 atom stereocenters. The minimum Gasteiger partial charge on any atom is -0.465 e. The van der Waals surface area contributed by atoms with Gasteiger partial charge in [-0.05, 0) is 31.0 Å². The molecule has 1 aromatic rings. The van der Waals surface area contributed by atoms with E-state index in [2.05, 4.69) is 12.2 Å². The molecule has 4 nitrogen and oxygen atoms in total. The number of methoxy groups -OCH3 is 1. The molecule has 2 rings (SSSR count). The molecule has 1 aliphatic rings. The molecule has 1 saturated heterocycles. The Kier molecular flexibility index (Phi) is 3.99. The number of rotatable bonds is 2. The summed E-state index contributed by atoms with van der Waals surface area (Å²) in [7, 11) is 1.40. The third-order valence-corrected chi connectivity index (χ3v) is 3.60. The van der Waals surface area contributed by atoms with Gasteiger partial charge in [0, 0.05) is 24.5 Å². The van der Waals surface area contributed by atoms with Crippen LogP contribution in [0, 0.1) is 0 Å². The number of nitrogens with two attached hydrogens (primary N) is 1. The van der Waals surface area contributed by atoms with Crippen LogP contribution in [-0.2, 0) is 4.74 Å². The van der Waals surface area contributed by atoms with E-state index >= 15 is 0 Å². The maximum atomic E-state index is 11.5. The Morgan fingerprint density at radius 1 is 1.50 bits per heavy atom. The van der Waals surface area contributed by atoms with Gasteiger partial charge in [0.25, 0.3) is 0 Å². The number of nitrogens with one attached hydrogen (secondary N) is 1. The minimum atomic E-state index is -0.294. The predicted molar refractivity (Wildman–Crippen MR) is 70.6 cm³/mol. The van der Waals surface area contributed by atoms with E-state index in [1.54, 1.807) is 6.07 Å². The van der Waals surface area contributed by atoms with Gasteiger partial charge < -0.3 is 15.8 Å². The van der Waals surface area contributed by atoms with Gasteiger partial charge in [-0.1, -0.05) is 12.1 Å². The summed E-state index contributed by atoms with van der Waals surface area (Å²) >= 11 is 0. The summed E-state index contributed by atoms with van der Waals surface area (Å²) in [6.07, 6.45) is 0.943. The molecule has 18 heavy (non-hydrogen) atoms. The molecule has 98 valence electrons. The monoisotopic (exact) mass is 248 g/mol. The van der Waals surface area contributed by atoms with Crippen molar-refractivity contribution in [2.75, 3.05) is 13.7 Å². The topological polar surface area (TPSA) is 64.3 Å². The van der Waals surface area contributed by atoms with Crippen molar-refractivity contribution in [3.8, 4) is 0 Å². The molecule has 0 aromatic heterocycles. The summed E-state index contributed by atoms with van der Waals surface area (Å²) in [5.41, 5.74) is 7.74. The number of esters is 1. The molecule has 4 heteroatoms. The highest BCUT2D eigenvalue weighted by atomic mass is 16.5. The maximum absolute atomic E-state index is 11.5. The lowest BCUT2D eigenvalue weighted by Crippen LogP contribution is -2.48. The average molecular weight is 248 g/mol. The minimum absolute atomic E-state index is 0.174. The van der Waals surface area contributed by atoms with Gasteiger partial charge in [0.05, 0.1) is 12.7 Å². The molecule has 3 unspecified atom stereocenters. The van der Waals surface area contributed by atoms with Gasteiger partial charge >= 0.3 is 5.97 Å². The zero-order chi connectivity index (χ0) is 13.1. The van der Waals surface area contributed by atoms with Gasteiger partial charge in [-0.15, -0.1) is 0 Å². The zero-order valence-electron chi connectivity index (χ0n) is 10.8. The van der Waals surface area contributed by atoms with Crippen LogP contribution in [0.25, 0.3) is 0 Å². The van der Waals surface area contributed by atoms with Crippen LogP contribution in [0.2, 0.25) is 0 Å². The number of carbonyl (C=O) groups excluding carboxylic acids is 1. The first-order chi connectivity index (χ1) is 8.61. The molecule has 1 aromatic carbocycles. The summed E-state index contributed by atoms with van der Waals surface area (Å²) < 4.78 is 4.75. The Morgan fingerprint density at radius 3 is 3.00 bits per heavy atom. The Bertz CT molecular complexity index is 434. The molecule has 0 spiro atoms. The molecule has 1 heterocycles. The summed E-state index contributed by atoms with van der Waals surface area (Å²) in [5, 5.41) is 3.40. The molecular weight excluding hydrogens is 228 g/mol. The van der Waals surface area contributed by atoms with Gasteiger partial charge in [0.15, 0.2) is 0 Å². The van der Waals surface area contributed by atoms with Gasteiger partial charge in [-0.25, -0.2) is 4.79 Å². The number of ether oxygens (including phenoxy) is 1. The van der Waals surface area contributed by atoms with Crippen molar-refractivity contribution in [1.82, 2.24) is 5.32 Å². The number of hydrogen-bond acceptors (Lipinski definition) is 4. The fourth-order valence-electron chi connectivity index (χ4n) is 2.53. The molecule has 0 amide bonds. The molecule has 3 N–H and O–H groups in total. The quantitative estimate of drug-likeness (QED) is 0.774. The van der Waals surface area contributed by atoms with Crippen LogP contribution in [-0.4, -0.2) is 31.7 Å². The number of benzene rings is 1. The highest BCUT2D eigenvalue weighted by Gasteiger charge is 2.27. The van der Waals surface area contributed by atoms with E-state index in [1.165, 1.54) is 7.11 Å². The average Bonchev–Trinajstić information content (AvgIpc) is 2.40. The SMILES string of the molecule is COC(=O)c1cccc(C2CC(N)CNC2C)c1. The fourth-order valence-corrected chi connectivity index (χ4v) is 2.53. The largest absolute Gasteiger partial charge is 0.465 e. The van der Waals surface area contributed by atoms with Gasteiger partial charge in [0.1, 0.15) is 0 Å². The zero-order valence-corrected chi connectivity index (χ0v) is 10.8. The first-order valence-corrected chi connectivity index (χ1v) is 6.29. The van der Waals surface area contributed by atoms with E-state index in [1.807, 2.05) is 18.2 Å². The van der Waals surface area contributed by atoms with E-state index in [0.717, 1.165) is 18.5 Å². The lowest BCUT2D eigenvalue weighted by atomic mass is 9.83. The summed E-state index contributed by atoms with van der Waals surface area (Å²) in [5.74, 6) is 0.0518. The fraction of sp³-hybridized carbons (Fsp3) is 0.500. The third kappa shape index (κ3) is 2.71. The van der Waals surface area contributed by atoms with E-state index < -0.39 is 0 Å². The highest BCUT2D eigenvalue weighted by molar-refractivity contribution is 5.89. The molecule has 1 fully saturated rings. The molecule has 1 aliphatic heterocycles. The van der Waals surface area contributed by atoms with Gasteiger partial charge in [-0.3, -0.25) is 0 Å². The van der Waals surface area contributed by atoms with E-state index in [9.17, 15) is 4.79 Å². The van der Waals surface area contributed by atoms with Crippen LogP contribution >= 0.6 is 0 Å². The number of hydrogen-bond donors (Lipinski definition) is 2. The normalized spacial score (nSPS) is 27.8. The standard InChI is InChI=1S/C14H20N2O2/c1-9-13(7-12(15)8-16-9)10-4-3-5-11(6-10)14(17)18-2/h3-6,9,12-13,16H,7-8,15H2,1-2H3. The summed E-state index contributed by atoms with van der Waals surface area (Å²) in [4.78, 5) is 11.5. The molecule has 0 radical (unpaired) electrons. The van der Waals surface area contributed by atoms with Crippen molar-refractivity contribution in [2.24, 2.45) is 5.73 Å². The van der Waals surface area contributed by atoms with Crippen molar-refractivity contribution < 1.29 is 9.53 Å². The Balaban J connectivity index is 2.24. The van der Waals surface area contributed by atoms with Crippen molar-refractivity contribution >= 4 is 5.97 Å². The Labute approximate surface area is 108 Å². The van der Waals surface area contributed by atoms with Crippen LogP contribution in [0.4, 0.5) is 0 Å². The second-order valence-electron chi connectivity index (χ2n) is 4.92. The van der Waals surface area contributed by atoms with Crippen molar-refractivity contribution in [3.63, 3.8) is 0 Å². The van der Waals surface area contributed by atoms with E-state index in [4.69, 9.17) is 10.5 Å². The van der Waals surface area contributed by atoms with Crippen molar-refractivity contribution in [1.29, 1.82) is 0 Å². The molecule has 0 bridgehead atoms. The van der Waals surface area contributed by atoms with Crippen LogP contribution < -0.4 is 11.1 Å². The molecular formula is C14H20N2O2. The van der Waals surface area contributed by atoms with Crippen molar-refractivity contribution in [3.05, 3.63) is 35.4 Å². The second-order valence-corrected chi connectivity index (χ2v) is 4.92. The summed E-state index contributed by atoms with van der Waals surface area (Å²) in [6.45, 7) is 3.01. The van der Waals surface area contributed by atoms with Crippen LogP contribution in [0.3, 0.4) is 0 Å². The van der Waals surface area contributed by atoms with Crippen LogP contribution in [0.15, 0.2) is 24.3 Å². The van der Waals surface area contributed by atoms with Gasteiger partial charge in [-0.2, -0.15) is 0 Å². The number of piperidine rings is 1. The second kappa shape index (κ2) is 5.50. The summed E-state index contributed by atoms with van der Waals surface area (Å²) in [6, 6.07) is 8.18. The first kappa shape index (κ1) is 13.1. The van der Waals surface area contributed by atoms with Gasteiger partial charge in [0.2, 0.25) is 0 Å². The molecule has 0 saturated carbocycles. The first-order valence-electron chi connectivity index (χ1n) is 6.29. The maximum Gasteiger partial charge on any atom is 0.337 e. The smallest absolute Gasteiger partial charge is 0.337 e. The third-order valence-electron chi connectivity index (χ3n) is 3.60. The Hall–Kier alpha value is -1.39. The van der Waals surface area contributed by atoms with Crippen LogP contribution in [0.1, 0.15) is 35.2 Å². The van der Waals surface area contributed by atoms with Crippen LogP contribution in [0.5, 0.6) is 0 Å². The lowest BCUT2D eigenvalue weighted by molar-refractivity contribution is 0.0600. The predicted octanol–water partition coefficient (Wildman–Crippen LogP) is 1.27. The Morgan fingerprint density at radius 2 is 2.28 bits per heavy atom.